The van der Waals surface area contributed by atoms with Crippen molar-refractivity contribution in [1.82, 2.24) is 4.90 Å². The zero-order chi connectivity index (χ0) is 16.1. The number of rotatable bonds is 7. The van der Waals surface area contributed by atoms with Gasteiger partial charge >= 0.3 is 0 Å². The van der Waals surface area contributed by atoms with Gasteiger partial charge in [-0.1, -0.05) is 12.1 Å². The number of aryl methyl sites for hydroxylation is 1. The number of aliphatic hydroxyl groups excluding tert-OH is 1. The van der Waals surface area contributed by atoms with E-state index in [0.29, 0.717) is 19.1 Å². The van der Waals surface area contributed by atoms with E-state index in [9.17, 15) is 5.11 Å². The normalized spacial score (nSPS) is 12.9. The average Bonchev–Trinajstić information content (AvgIpc) is 2.91. The van der Waals surface area contributed by atoms with Gasteiger partial charge in [0, 0.05) is 12.6 Å². The van der Waals surface area contributed by atoms with Gasteiger partial charge < -0.3 is 14.3 Å². The molecule has 0 amide bonds. The summed E-state index contributed by atoms with van der Waals surface area (Å²) >= 11 is 0. The standard InChI is InChI=1S/C18H25NO3/c1-13(2)19(11-17-9-8-14(3)22-17)12-18(20)15-6-5-7-16(10-15)21-4/h5-10,13,18,20H,11-12H2,1-4H3. The molecule has 0 saturated heterocycles. The summed E-state index contributed by atoms with van der Waals surface area (Å²) in [6.07, 6.45) is -0.562. The third-order valence-electron chi connectivity index (χ3n) is 3.77. The Balaban J connectivity index is 2.06. The molecule has 0 saturated carbocycles. The molecule has 1 aromatic carbocycles. The summed E-state index contributed by atoms with van der Waals surface area (Å²) in [4.78, 5) is 2.20. The van der Waals surface area contributed by atoms with Crippen LogP contribution in [-0.4, -0.2) is 29.7 Å². The van der Waals surface area contributed by atoms with Crippen molar-refractivity contribution in [2.24, 2.45) is 0 Å². The van der Waals surface area contributed by atoms with E-state index in [0.717, 1.165) is 22.8 Å². The van der Waals surface area contributed by atoms with Crippen LogP contribution in [0, 0.1) is 6.92 Å². The van der Waals surface area contributed by atoms with Gasteiger partial charge in [-0.2, -0.15) is 0 Å². The molecule has 1 aromatic heterocycles. The smallest absolute Gasteiger partial charge is 0.119 e. The van der Waals surface area contributed by atoms with E-state index in [4.69, 9.17) is 9.15 Å². The van der Waals surface area contributed by atoms with Crippen molar-refractivity contribution in [3.05, 3.63) is 53.5 Å². The Morgan fingerprint density at radius 2 is 2.00 bits per heavy atom. The number of methoxy groups -OCH3 is 1. The molecule has 120 valence electrons. The van der Waals surface area contributed by atoms with Gasteiger partial charge in [-0.25, -0.2) is 0 Å². The summed E-state index contributed by atoms with van der Waals surface area (Å²) in [5.41, 5.74) is 0.862. The van der Waals surface area contributed by atoms with Crippen molar-refractivity contribution in [2.75, 3.05) is 13.7 Å². The molecule has 4 heteroatoms. The van der Waals surface area contributed by atoms with Crippen LogP contribution in [0.1, 0.15) is 37.0 Å². The number of hydrogen-bond acceptors (Lipinski definition) is 4. The van der Waals surface area contributed by atoms with E-state index in [2.05, 4.69) is 18.7 Å². The number of nitrogens with zero attached hydrogens (tertiary/aromatic N) is 1. The van der Waals surface area contributed by atoms with E-state index >= 15 is 0 Å². The van der Waals surface area contributed by atoms with Gasteiger partial charge in [-0.15, -0.1) is 0 Å². The molecule has 0 radical (unpaired) electrons. The van der Waals surface area contributed by atoms with Crippen molar-refractivity contribution >= 4 is 0 Å². The fourth-order valence-corrected chi connectivity index (χ4v) is 2.40. The van der Waals surface area contributed by atoms with Crippen LogP contribution >= 0.6 is 0 Å². The van der Waals surface area contributed by atoms with Crippen LogP contribution in [0.5, 0.6) is 5.75 Å². The predicted molar refractivity (Wildman–Crippen MR) is 86.9 cm³/mol. The summed E-state index contributed by atoms with van der Waals surface area (Å²) in [7, 11) is 1.63. The lowest BCUT2D eigenvalue weighted by Gasteiger charge is -2.28. The SMILES string of the molecule is COc1cccc(C(O)CN(Cc2ccc(C)o2)C(C)C)c1. The first-order valence-electron chi connectivity index (χ1n) is 7.61. The Kier molecular flexibility index (Phi) is 5.63. The van der Waals surface area contributed by atoms with E-state index < -0.39 is 6.10 Å². The summed E-state index contributed by atoms with van der Waals surface area (Å²) in [6.45, 7) is 7.41. The van der Waals surface area contributed by atoms with Crippen LogP contribution in [0.2, 0.25) is 0 Å². The highest BCUT2D eigenvalue weighted by atomic mass is 16.5. The van der Waals surface area contributed by atoms with E-state index in [1.54, 1.807) is 7.11 Å². The number of hydrogen-bond donors (Lipinski definition) is 1. The lowest BCUT2D eigenvalue weighted by Crippen LogP contribution is -2.34. The van der Waals surface area contributed by atoms with E-state index in [-0.39, 0.29) is 0 Å². The molecule has 0 spiro atoms. The fourth-order valence-electron chi connectivity index (χ4n) is 2.40. The summed E-state index contributed by atoms with van der Waals surface area (Å²) in [5.74, 6) is 2.59. The topological polar surface area (TPSA) is 45.8 Å². The molecule has 1 unspecified atom stereocenters. The first-order chi connectivity index (χ1) is 10.5. The van der Waals surface area contributed by atoms with Gasteiger partial charge in [0.1, 0.15) is 17.3 Å². The van der Waals surface area contributed by atoms with Crippen LogP contribution in [0.4, 0.5) is 0 Å². The lowest BCUT2D eigenvalue weighted by molar-refractivity contribution is 0.0858. The summed E-state index contributed by atoms with van der Waals surface area (Å²) in [5, 5.41) is 10.5. The largest absolute Gasteiger partial charge is 0.497 e. The van der Waals surface area contributed by atoms with Gasteiger partial charge in [-0.3, -0.25) is 4.90 Å². The molecular weight excluding hydrogens is 278 g/mol. The average molecular weight is 303 g/mol. The fraction of sp³-hybridized carbons (Fsp3) is 0.444. The third kappa shape index (κ3) is 4.36. The van der Waals surface area contributed by atoms with Gasteiger partial charge in [0.2, 0.25) is 0 Å². The predicted octanol–water partition coefficient (Wildman–Crippen LogP) is 3.54. The van der Waals surface area contributed by atoms with Crippen molar-refractivity contribution in [3.8, 4) is 5.75 Å². The molecule has 0 aliphatic carbocycles. The van der Waals surface area contributed by atoms with Crippen LogP contribution in [0.3, 0.4) is 0 Å². The Bertz CT molecular complexity index is 592. The van der Waals surface area contributed by atoms with Crippen molar-refractivity contribution in [1.29, 1.82) is 0 Å². The highest BCUT2D eigenvalue weighted by molar-refractivity contribution is 5.30. The molecule has 0 aliphatic heterocycles. The number of aliphatic hydroxyl groups is 1. The highest BCUT2D eigenvalue weighted by Gasteiger charge is 2.18. The molecule has 4 nitrogen and oxygen atoms in total. The number of ether oxygens (including phenoxy) is 1. The van der Waals surface area contributed by atoms with Gasteiger partial charge in [0.15, 0.2) is 0 Å². The second-order valence-electron chi connectivity index (χ2n) is 5.83. The second kappa shape index (κ2) is 7.47. The van der Waals surface area contributed by atoms with Gasteiger partial charge in [-0.05, 0) is 50.6 Å². The molecule has 0 aliphatic rings. The van der Waals surface area contributed by atoms with Crippen LogP contribution in [0.25, 0.3) is 0 Å². The highest BCUT2D eigenvalue weighted by Crippen LogP contribution is 2.22. The Hall–Kier alpha value is -1.78. The third-order valence-corrected chi connectivity index (χ3v) is 3.77. The molecule has 0 fully saturated rings. The maximum atomic E-state index is 10.5. The van der Waals surface area contributed by atoms with Gasteiger partial charge in [0.05, 0.1) is 19.8 Å². The number of furan rings is 1. The molecule has 1 N–H and O–H groups in total. The Morgan fingerprint density at radius 1 is 1.23 bits per heavy atom. The van der Waals surface area contributed by atoms with Crippen LogP contribution in [-0.2, 0) is 6.54 Å². The molecule has 22 heavy (non-hydrogen) atoms. The van der Waals surface area contributed by atoms with Gasteiger partial charge in [0.25, 0.3) is 0 Å². The summed E-state index contributed by atoms with van der Waals surface area (Å²) < 4.78 is 10.9. The second-order valence-corrected chi connectivity index (χ2v) is 5.83. The molecule has 1 atom stereocenters. The zero-order valence-electron chi connectivity index (χ0n) is 13.7. The van der Waals surface area contributed by atoms with E-state index in [1.165, 1.54) is 0 Å². The summed E-state index contributed by atoms with van der Waals surface area (Å²) in [6, 6.07) is 11.8. The molecule has 2 rings (SSSR count). The quantitative estimate of drug-likeness (QED) is 0.850. The maximum absolute atomic E-state index is 10.5. The first-order valence-corrected chi connectivity index (χ1v) is 7.61. The minimum Gasteiger partial charge on any atom is -0.497 e. The first kappa shape index (κ1) is 16.6. The minimum absolute atomic E-state index is 0.311. The van der Waals surface area contributed by atoms with Crippen molar-refractivity contribution < 1.29 is 14.3 Å². The number of benzene rings is 1. The van der Waals surface area contributed by atoms with E-state index in [1.807, 2.05) is 43.3 Å². The Labute approximate surface area is 132 Å². The zero-order valence-corrected chi connectivity index (χ0v) is 13.7. The minimum atomic E-state index is -0.562. The molecule has 1 heterocycles. The molecule has 2 aromatic rings. The van der Waals surface area contributed by atoms with Crippen molar-refractivity contribution in [2.45, 2.75) is 39.5 Å². The Morgan fingerprint density at radius 3 is 2.59 bits per heavy atom. The molecular formula is C18H25NO3. The monoisotopic (exact) mass is 303 g/mol. The van der Waals surface area contributed by atoms with Crippen LogP contribution < -0.4 is 4.74 Å². The lowest BCUT2D eigenvalue weighted by atomic mass is 10.1. The van der Waals surface area contributed by atoms with Crippen LogP contribution in [0.15, 0.2) is 40.8 Å². The maximum Gasteiger partial charge on any atom is 0.119 e. The van der Waals surface area contributed by atoms with Crippen molar-refractivity contribution in [3.63, 3.8) is 0 Å². The molecule has 0 bridgehead atoms.